The van der Waals surface area contributed by atoms with Crippen molar-refractivity contribution in [3.05, 3.63) is 60.8 Å². The van der Waals surface area contributed by atoms with E-state index in [0.717, 1.165) is 89.9 Å². The molecule has 0 aliphatic carbocycles. The lowest BCUT2D eigenvalue weighted by Gasteiger charge is -2.18. The molecule has 0 bridgehead atoms. The van der Waals surface area contributed by atoms with Crippen LogP contribution in [0.4, 0.5) is 0 Å². The number of ether oxygens (including phenoxy) is 3. The molecule has 0 aliphatic heterocycles. The van der Waals surface area contributed by atoms with E-state index < -0.39 is 6.10 Å². The van der Waals surface area contributed by atoms with Crippen molar-refractivity contribution in [2.75, 3.05) is 13.2 Å². The summed E-state index contributed by atoms with van der Waals surface area (Å²) in [5, 5.41) is 0. The van der Waals surface area contributed by atoms with Gasteiger partial charge in [0.25, 0.3) is 0 Å². The van der Waals surface area contributed by atoms with Gasteiger partial charge in [0.05, 0.1) is 0 Å². The summed E-state index contributed by atoms with van der Waals surface area (Å²) in [7, 11) is 0. The Morgan fingerprint density at radius 2 is 0.527 bits per heavy atom. The molecule has 0 aromatic heterocycles. The Kier molecular flexibility index (Phi) is 60.2. The van der Waals surface area contributed by atoms with Crippen LogP contribution in [0.25, 0.3) is 0 Å². The maximum absolute atomic E-state index is 12.8. The zero-order valence-corrected chi connectivity index (χ0v) is 49.4. The molecule has 6 nitrogen and oxygen atoms in total. The summed E-state index contributed by atoms with van der Waals surface area (Å²) in [6.45, 7) is 6.51. The SMILES string of the molecule is CC/C=C\C/C=C\C/C=C\C/C=C\CCCCCCCCCCCCCCCCCCCCCCCCC(=O)OCC(COC(=O)CCCCCCCCCCC)OC(=O)CCCCCCC/C=C\CCCCC. The van der Waals surface area contributed by atoms with E-state index in [9.17, 15) is 14.4 Å². The minimum atomic E-state index is -0.772. The van der Waals surface area contributed by atoms with Crippen molar-refractivity contribution < 1.29 is 28.6 Å². The van der Waals surface area contributed by atoms with Crippen molar-refractivity contribution in [3.8, 4) is 0 Å². The van der Waals surface area contributed by atoms with Crippen molar-refractivity contribution in [1.82, 2.24) is 0 Å². The van der Waals surface area contributed by atoms with Crippen LogP contribution in [0.2, 0.25) is 0 Å². The molecule has 74 heavy (non-hydrogen) atoms. The Labute approximate surface area is 460 Å². The molecule has 1 unspecified atom stereocenters. The quantitative estimate of drug-likeness (QED) is 0.0261. The van der Waals surface area contributed by atoms with Crippen LogP contribution < -0.4 is 0 Å². The highest BCUT2D eigenvalue weighted by molar-refractivity contribution is 5.71. The number of carbonyl (C=O) groups excluding carboxylic acids is 3. The number of carbonyl (C=O) groups is 3. The van der Waals surface area contributed by atoms with Gasteiger partial charge < -0.3 is 14.2 Å². The van der Waals surface area contributed by atoms with Gasteiger partial charge in [-0.25, -0.2) is 0 Å². The third kappa shape index (κ3) is 60.0. The molecule has 0 rings (SSSR count). The maximum atomic E-state index is 12.8. The molecule has 0 aromatic carbocycles. The van der Waals surface area contributed by atoms with E-state index in [4.69, 9.17) is 14.2 Å². The number of esters is 3. The minimum Gasteiger partial charge on any atom is -0.462 e. The summed E-state index contributed by atoms with van der Waals surface area (Å²) >= 11 is 0. The highest BCUT2D eigenvalue weighted by Crippen LogP contribution is 2.17. The zero-order valence-electron chi connectivity index (χ0n) is 49.4. The Morgan fingerprint density at radius 1 is 0.284 bits per heavy atom. The summed E-state index contributed by atoms with van der Waals surface area (Å²) in [4.78, 5) is 38.0. The van der Waals surface area contributed by atoms with Crippen molar-refractivity contribution in [1.29, 1.82) is 0 Å². The molecule has 0 heterocycles. The first kappa shape index (κ1) is 71.1. The van der Waals surface area contributed by atoms with E-state index in [-0.39, 0.29) is 31.1 Å². The van der Waals surface area contributed by atoms with Gasteiger partial charge in [-0.05, 0) is 83.5 Å². The summed E-state index contributed by atoms with van der Waals surface area (Å²) in [6.07, 6.45) is 79.8. The Hall–Kier alpha value is -2.89. The molecule has 6 heteroatoms. The first-order chi connectivity index (χ1) is 36.5. The molecule has 0 amide bonds. The van der Waals surface area contributed by atoms with Crippen LogP contribution in [0.5, 0.6) is 0 Å². The summed E-state index contributed by atoms with van der Waals surface area (Å²) in [5.74, 6) is -0.867. The zero-order chi connectivity index (χ0) is 53.6. The highest BCUT2D eigenvalue weighted by atomic mass is 16.6. The summed E-state index contributed by atoms with van der Waals surface area (Å²) in [6, 6.07) is 0. The van der Waals surface area contributed by atoms with Gasteiger partial charge in [0.2, 0.25) is 0 Å². The van der Waals surface area contributed by atoms with E-state index in [2.05, 4.69) is 81.5 Å². The first-order valence-electron chi connectivity index (χ1n) is 32.3. The lowest BCUT2D eigenvalue weighted by molar-refractivity contribution is -0.167. The highest BCUT2D eigenvalue weighted by Gasteiger charge is 2.19. The van der Waals surface area contributed by atoms with Crippen LogP contribution in [0.3, 0.4) is 0 Å². The van der Waals surface area contributed by atoms with Gasteiger partial charge in [-0.3, -0.25) is 14.4 Å². The molecule has 0 aromatic rings. The fraction of sp³-hybridized carbons (Fsp3) is 0.809. The molecule has 0 saturated heterocycles. The van der Waals surface area contributed by atoms with Crippen LogP contribution in [-0.2, 0) is 28.6 Å². The van der Waals surface area contributed by atoms with Gasteiger partial charge >= 0.3 is 17.9 Å². The largest absolute Gasteiger partial charge is 0.462 e. The number of hydrogen-bond donors (Lipinski definition) is 0. The van der Waals surface area contributed by atoms with Crippen LogP contribution in [0, 0.1) is 0 Å². The molecule has 0 radical (unpaired) electrons. The second-order valence-electron chi connectivity index (χ2n) is 21.6. The summed E-state index contributed by atoms with van der Waals surface area (Å²) in [5.41, 5.74) is 0. The molecule has 0 spiro atoms. The van der Waals surface area contributed by atoms with E-state index >= 15 is 0 Å². The smallest absolute Gasteiger partial charge is 0.306 e. The molecule has 0 aliphatic rings. The maximum Gasteiger partial charge on any atom is 0.306 e. The van der Waals surface area contributed by atoms with Crippen molar-refractivity contribution in [2.24, 2.45) is 0 Å². The molecular weight excluding hydrogens is 913 g/mol. The molecule has 0 saturated carbocycles. The van der Waals surface area contributed by atoms with Gasteiger partial charge in [-0.2, -0.15) is 0 Å². The Balaban J connectivity index is 3.94. The van der Waals surface area contributed by atoms with Crippen molar-refractivity contribution in [2.45, 2.75) is 341 Å². The van der Waals surface area contributed by atoms with Gasteiger partial charge in [0.1, 0.15) is 13.2 Å². The van der Waals surface area contributed by atoms with E-state index in [1.165, 1.54) is 205 Å². The van der Waals surface area contributed by atoms with E-state index in [1.807, 2.05) is 0 Å². The lowest BCUT2D eigenvalue weighted by atomic mass is 10.0. The Bertz CT molecular complexity index is 1330. The third-order valence-corrected chi connectivity index (χ3v) is 14.3. The molecular formula is C68H122O6. The first-order valence-corrected chi connectivity index (χ1v) is 32.3. The monoisotopic (exact) mass is 1030 g/mol. The minimum absolute atomic E-state index is 0.0717. The number of hydrogen-bond acceptors (Lipinski definition) is 6. The number of unbranched alkanes of at least 4 members (excludes halogenated alkanes) is 38. The van der Waals surface area contributed by atoms with Crippen LogP contribution >= 0.6 is 0 Å². The molecule has 430 valence electrons. The fourth-order valence-corrected chi connectivity index (χ4v) is 9.43. The lowest BCUT2D eigenvalue weighted by Crippen LogP contribution is -2.30. The second-order valence-corrected chi connectivity index (χ2v) is 21.6. The van der Waals surface area contributed by atoms with Gasteiger partial charge in [0, 0.05) is 19.3 Å². The second kappa shape index (κ2) is 62.6. The topological polar surface area (TPSA) is 78.9 Å². The molecule has 0 fully saturated rings. The van der Waals surface area contributed by atoms with Gasteiger partial charge in [-0.15, -0.1) is 0 Å². The van der Waals surface area contributed by atoms with E-state index in [0.29, 0.717) is 19.3 Å². The van der Waals surface area contributed by atoms with Crippen LogP contribution in [-0.4, -0.2) is 37.2 Å². The third-order valence-electron chi connectivity index (χ3n) is 14.3. The van der Waals surface area contributed by atoms with Gasteiger partial charge in [0.15, 0.2) is 6.10 Å². The number of rotatable bonds is 59. The standard InChI is InChI=1S/C68H122O6/c1-4-7-10-13-16-19-21-23-24-25-26-27-28-29-30-31-32-33-34-35-36-37-38-39-40-41-42-43-44-45-47-49-52-55-58-61-67(70)73-64-65(63-72-66(69)60-57-54-51-48-18-15-12-9-6-3)74-68(71)62-59-56-53-50-46-22-20-17-14-11-8-5-2/h7,10,16-17,19-20,23-24,26-27,65H,4-6,8-9,11-15,18,21-22,25,28-64H2,1-3H3/b10-7-,19-16-,20-17-,24-23-,27-26-. The van der Waals surface area contributed by atoms with Crippen molar-refractivity contribution in [3.63, 3.8) is 0 Å². The fourth-order valence-electron chi connectivity index (χ4n) is 9.43. The van der Waals surface area contributed by atoms with Crippen LogP contribution in [0.15, 0.2) is 60.8 Å². The van der Waals surface area contributed by atoms with Crippen LogP contribution in [0.1, 0.15) is 335 Å². The molecule has 0 N–H and O–H groups in total. The van der Waals surface area contributed by atoms with Crippen molar-refractivity contribution >= 4 is 17.9 Å². The van der Waals surface area contributed by atoms with E-state index in [1.54, 1.807) is 0 Å². The Morgan fingerprint density at radius 3 is 0.865 bits per heavy atom. The van der Waals surface area contributed by atoms with Gasteiger partial charge in [-0.1, -0.05) is 293 Å². The number of allylic oxidation sites excluding steroid dienone is 10. The molecule has 1 atom stereocenters. The normalized spacial score (nSPS) is 12.4. The average molecular weight is 1040 g/mol. The predicted molar refractivity (Wildman–Crippen MR) is 321 cm³/mol. The predicted octanol–water partition coefficient (Wildman–Crippen LogP) is 21.9. The average Bonchev–Trinajstić information content (AvgIpc) is 3.40. The summed E-state index contributed by atoms with van der Waals surface area (Å²) < 4.78 is 16.8.